The van der Waals surface area contributed by atoms with Gasteiger partial charge in [-0.3, -0.25) is 0 Å². The van der Waals surface area contributed by atoms with Crippen LogP contribution in [0.1, 0.15) is 18.1 Å². The number of rotatable bonds is 5. The van der Waals surface area contributed by atoms with E-state index in [1.54, 1.807) is 29.4 Å². The Bertz CT molecular complexity index is 542. The average Bonchev–Trinajstić information content (AvgIpc) is 2.81. The molecular weight excluding hydrogens is 264 g/mol. The molecule has 0 spiro atoms. The minimum atomic E-state index is -1.46. The second-order valence-corrected chi connectivity index (χ2v) is 4.84. The first-order valence-corrected chi connectivity index (χ1v) is 6.51. The topological polar surface area (TPSA) is 47.3 Å². The Balaban J connectivity index is 2.37. The first-order valence-electron chi connectivity index (χ1n) is 6.14. The third-order valence-corrected chi connectivity index (χ3v) is 3.20. The molecule has 2 aromatic rings. The largest absolute Gasteiger partial charge is 0.360 e. The highest BCUT2D eigenvalue weighted by atomic mass is 35.5. The zero-order valence-corrected chi connectivity index (χ0v) is 11.8. The number of hydrogen-bond acceptors (Lipinski definition) is 3. The van der Waals surface area contributed by atoms with E-state index in [1.807, 2.05) is 26.0 Å². The monoisotopic (exact) mass is 280 g/mol. The van der Waals surface area contributed by atoms with Crippen molar-refractivity contribution in [2.24, 2.45) is 0 Å². The zero-order chi connectivity index (χ0) is 13.9. The summed E-state index contributed by atoms with van der Waals surface area (Å²) in [4.78, 5) is 3.96. The Morgan fingerprint density at radius 2 is 2.26 bits per heavy atom. The Labute approximate surface area is 117 Å². The van der Waals surface area contributed by atoms with Crippen LogP contribution >= 0.6 is 11.6 Å². The molecular formula is C14H17ClN2O2. The molecule has 1 aromatic carbocycles. The lowest BCUT2D eigenvalue weighted by Gasteiger charge is -2.29. The van der Waals surface area contributed by atoms with Gasteiger partial charge >= 0.3 is 0 Å². The van der Waals surface area contributed by atoms with Gasteiger partial charge in [-0.25, -0.2) is 4.98 Å². The average molecular weight is 281 g/mol. The fourth-order valence-corrected chi connectivity index (χ4v) is 2.39. The van der Waals surface area contributed by atoms with E-state index in [2.05, 4.69) is 4.98 Å². The van der Waals surface area contributed by atoms with Crippen molar-refractivity contribution < 1.29 is 9.84 Å². The van der Waals surface area contributed by atoms with E-state index in [9.17, 15) is 5.11 Å². The highest BCUT2D eigenvalue weighted by molar-refractivity contribution is 6.31. The van der Waals surface area contributed by atoms with Crippen LogP contribution in [0.3, 0.4) is 0 Å². The van der Waals surface area contributed by atoms with Crippen LogP contribution in [0.15, 0.2) is 36.9 Å². The maximum Gasteiger partial charge on any atom is 0.212 e. The third kappa shape index (κ3) is 3.15. The summed E-state index contributed by atoms with van der Waals surface area (Å²) in [5, 5.41) is 11.3. The number of aryl methyl sites for hydroxylation is 1. The van der Waals surface area contributed by atoms with E-state index in [0.29, 0.717) is 17.2 Å². The van der Waals surface area contributed by atoms with Gasteiger partial charge in [0.2, 0.25) is 5.79 Å². The van der Waals surface area contributed by atoms with Gasteiger partial charge in [0.1, 0.15) is 0 Å². The molecule has 4 nitrogen and oxygen atoms in total. The highest BCUT2D eigenvalue weighted by Gasteiger charge is 2.32. The van der Waals surface area contributed by atoms with E-state index >= 15 is 0 Å². The molecule has 0 amide bonds. The summed E-state index contributed by atoms with van der Waals surface area (Å²) >= 11 is 6.22. The normalized spacial score (nSPS) is 14.3. The first-order chi connectivity index (χ1) is 9.05. The summed E-state index contributed by atoms with van der Waals surface area (Å²) in [6.07, 6.45) is 5.06. The molecule has 0 saturated heterocycles. The standard InChI is InChI=1S/C14H17ClN2O2/c1-3-19-14(18,9-17-7-6-16-10-17)12-5-4-11(2)8-13(12)15/h4-8,10,18H,3,9H2,1-2H3/t14-/m1/s1. The minimum Gasteiger partial charge on any atom is -0.360 e. The van der Waals surface area contributed by atoms with Gasteiger partial charge in [0.15, 0.2) is 0 Å². The number of hydrogen-bond donors (Lipinski definition) is 1. The number of benzene rings is 1. The minimum absolute atomic E-state index is 0.240. The molecule has 0 saturated carbocycles. The number of imidazole rings is 1. The van der Waals surface area contributed by atoms with Gasteiger partial charge in [-0.05, 0) is 25.5 Å². The van der Waals surface area contributed by atoms with Crippen LogP contribution < -0.4 is 0 Å². The van der Waals surface area contributed by atoms with Gasteiger partial charge in [0.05, 0.1) is 12.9 Å². The smallest absolute Gasteiger partial charge is 0.212 e. The van der Waals surface area contributed by atoms with Gasteiger partial charge in [-0.1, -0.05) is 23.7 Å². The number of aliphatic hydroxyl groups is 1. The fraction of sp³-hybridized carbons (Fsp3) is 0.357. The lowest BCUT2D eigenvalue weighted by Crippen LogP contribution is -2.34. The van der Waals surface area contributed by atoms with Crippen LogP contribution in [0.5, 0.6) is 0 Å². The molecule has 0 unspecified atom stereocenters. The molecule has 5 heteroatoms. The predicted octanol–water partition coefficient (Wildman–Crippen LogP) is 2.73. The molecule has 102 valence electrons. The molecule has 1 aromatic heterocycles. The molecule has 1 heterocycles. The third-order valence-electron chi connectivity index (χ3n) is 2.88. The van der Waals surface area contributed by atoms with E-state index in [0.717, 1.165) is 5.56 Å². The van der Waals surface area contributed by atoms with Gasteiger partial charge in [-0.2, -0.15) is 0 Å². The van der Waals surface area contributed by atoms with Crippen molar-refractivity contribution in [3.05, 3.63) is 53.1 Å². The quantitative estimate of drug-likeness (QED) is 0.857. The number of aromatic nitrogens is 2. The molecule has 1 N–H and O–H groups in total. The Morgan fingerprint density at radius 1 is 1.47 bits per heavy atom. The Morgan fingerprint density at radius 3 is 2.84 bits per heavy atom. The Kier molecular flexibility index (Phi) is 4.24. The van der Waals surface area contributed by atoms with Crippen LogP contribution in [-0.4, -0.2) is 21.3 Å². The second-order valence-electron chi connectivity index (χ2n) is 4.44. The lowest BCUT2D eigenvalue weighted by molar-refractivity contribution is -0.218. The van der Waals surface area contributed by atoms with Crippen LogP contribution in [-0.2, 0) is 17.1 Å². The van der Waals surface area contributed by atoms with E-state index in [1.165, 1.54) is 0 Å². The SMILES string of the molecule is CCO[C@](O)(Cn1ccnc1)c1ccc(C)cc1Cl. The molecule has 0 radical (unpaired) electrons. The second kappa shape index (κ2) is 5.74. The fourth-order valence-electron chi connectivity index (χ4n) is 2.01. The molecule has 0 aliphatic carbocycles. The highest BCUT2D eigenvalue weighted by Crippen LogP contribution is 2.31. The number of ether oxygens (including phenoxy) is 1. The molecule has 0 fully saturated rings. The summed E-state index contributed by atoms with van der Waals surface area (Å²) in [5.74, 6) is -1.46. The van der Waals surface area contributed by atoms with Gasteiger partial charge in [-0.15, -0.1) is 0 Å². The van der Waals surface area contributed by atoms with Crippen molar-refractivity contribution >= 4 is 11.6 Å². The van der Waals surface area contributed by atoms with Crippen molar-refractivity contribution in [3.63, 3.8) is 0 Å². The molecule has 2 rings (SSSR count). The van der Waals surface area contributed by atoms with Crippen LogP contribution in [0.4, 0.5) is 0 Å². The molecule has 0 aliphatic heterocycles. The number of halogens is 1. The van der Waals surface area contributed by atoms with Crippen LogP contribution in [0.25, 0.3) is 0 Å². The first kappa shape index (κ1) is 14.1. The maximum absolute atomic E-state index is 10.8. The summed E-state index contributed by atoms with van der Waals surface area (Å²) in [5.41, 5.74) is 1.60. The van der Waals surface area contributed by atoms with E-state index in [4.69, 9.17) is 16.3 Å². The zero-order valence-electron chi connectivity index (χ0n) is 11.0. The predicted molar refractivity (Wildman–Crippen MR) is 73.9 cm³/mol. The summed E-state index contributed by atoms with van der Waals surface area (Å²) in [6, 6.07) is 5.51. The van der Waals surface area contributed by atoms with Crippen molar-refractivity contribution in [1.82, 2.24) is 9.55 Å². The summed E-state index contributed by atoms with van der Waals surface area (Å²) in [7, 11) is 0. The van der Waals surface area contributed by atoms with Crippen molar-refractivity contribution in [1.29, 1.82) is 0 Å². The molecule has 1 atom stereocenters. The number of nitrogens with zero attached hydrogens (tertiary/aromatic N) is 2. The van der Waals surface area contributed by atoms with Crippen LogP contribution in [0.2, 0.25) is 5.02 Å². The maximum atomic E-state index is 10.8. The van der Waals surface area contributed by atoms with Gasteiger partial charge < -0.3 is 14.4 Å². The lowest BCUT2D eigenvalue weighted by atomic mass is 10.0. The molecule has 19 heavy (non-hydrogen) atoms. The van der Waals surface area contributed by atoms with Crippen molar-refractivity contribution in [2.75, 3.05) is 6.61 Å². The van der Waals surface area contributed by atoms with Crippen molar-refractivity contribution in [2.45, 2.75) is 26.2 Å². The summed E-state index contributed by atoms with van der Waals surface area (Å²) < 4.78 is 7.29. The molecule has 0 bridgehead atoms. The van der Waals surface area contributed by atoms with E-state index in [-0.39, 0.29) is 6.54 Å². The summed E-state index contributed by atoms with van der Waals surface area (Å²) in [6.45, 7) is 4.41. The van der Waals surface area contributed by atoms with Crippen LogP contribution in [0, 0.1) is 6.92 Å². The van der Waals surface area contributed by atoms with Gasteiger partial charge in [0, 0.05) is 29.6 Å². The van der Waals surface area contributed by atoms with E-state index < -0.39 is 5.79 Å². The molecule has 0 aliphatic rings. The Hall–Kier alpha value is -1.36. The van der Waals surface area contributed by atoms with Gasteiger partial charge in [0.25, 0.3) is 0 Å². The van der Waals surface area contributed by atoms with Crippen molar-refractivity contribution in [3.8, 4) is 0 Å².